The van der Waals surface area contributed by atoms with Gasteiger partial charge in [0.25, 0.3) is 0 Å². The lowest BCUT2D eigenvalue weighted by Crippen LogP contribution is -2.09. The standard InChI is InChI=1S/C17H25FO2/c1-3-5-6-7-8-9-11-14-15(17(19)20-4-2)12-10-13-16(14)18/h10,12-13H,3-9,11H2,1-2H3. The Morgan fingerprint density at radius 3 is 2.50 bits per heavy atom. The van der Waals surface area contributed by atoms with Crippen LogP contribution in [-0.4, -0.2) is 12.6 Å². The maximum absolute atomic E-state index is 13.9. The normalized spacial score (nSPS) is 10.6. The van der Waals surface area contributed by atoms with Gasteiger partial charge in [0.2, 0.25) is 0 Å². The quantitative estimate of drug-likeness (QED) is 0.475. The van der Waals surface area contributed by atoms with E-state index in [-0.39, 0.29) is 5.82 Å². The molecule has 0 spiro atoms. The molecule has 0 fully saturated rings. The van der Waals surface area contributed by atoms with Crippen molar-refractivity contribution in [1.82, 2.24) is 0 Å². The van der Waals surface area contributed by atoms with Gasteiger partial charge in [0, 0.05) is 5.56 Å². The van der Waals surface area contributed by atoms with Crippen LogP contribution in [0.3, 0.4) is 0 Å². The van der Waals surface area contributed by atoms with Crippen LogP contribution in [-0.2, 0) is 11.2 Å². The van der Waals surface area contributed by atoms with E-state index in [1.54, 1.807) is 19.1 Å². The third-order valence-corrected chi connectivity index (χ3v) is 3.39. The molecule has 0 N–H and O–H groups in total. The van der Waals surface area contributed by atoms with E-state index in [0.29, 0.717) is 24.2 Å². The third-order valence-electron chi connectivity index (χ3n) is 3.39. The van der Waals surface area contributed by atoms with Crippen LogP contribution in [0.4, 0.5) is 4.39 Å². The number of halogens is 1. The molecule has 1 aromatic rings. The van der Waals surface area contributed by atoms with Gasteiger partial charge in [0.15, 0.2) is 0 Å². The summed E-state index contributed by atoms with van der Waals surface area (Å²) in [5.74, 6) is -0.725. The second-order valence-electron chi connectivity index (χ2n) is 5.00. The predicted octanol–water partition coefficient (Wildman–Crippen LogP) is 4.91. The summed E-state index contributed by atoms with van der Waals surface area (Å²) < 4.78 is 18.9. The molecule has 112 valence electrons. The van der Waals surface area contributed by atoms with E-state index in [4.69, 9.17) is 4.74 Å². The van der Waals surface area contributed by atoms with Gasteiger partial charge in [-0.05, 0) is 31.9 Å². The fourth-order valence-corrected chi connectivity index (χ4v) is 2.29. The Morgan fingerprint density at radius 1 is 1.10 bits per heavy atom. The van der Waals surface area contributed by atoms with E-state index < -0.39 is 5.97 Å². The molecular formula is C17H25FO2. The number of unbranched alkanes of at least 4 members (excludes halogenated alkanes) is 5. The zero-order valence-electron chi connectivity index (χ0n) is 12.6. The fourth-order valence-electron chi connectivity index (χ4n) is 2.29. The average Bonchev–Trinajstić information content (AvgIpc) is 2.44. The molecule has 0 atom stereocenters. The summed E-state index contributed by atoms with van der Waals surface area (Å²) in [4.78, 5) is 11.8. The first kappa shape index (κ1) is 16.7. The smallest absolute Gasteiger partial charge is 0.338 e. The summed E-state index contributed by atoms with van der Waals surface area (Å²) in [5, 5.41) is 0. The lowest BCUT2D eigenvalue weighted by molar-refractivity contribution is 0.0524. The molecule has 20 heavy (non-hydrogen) atoms. The summed E-state index contributed by atoms with van der Waals surface area (Å²) >= 11 is 0. The number of hydrogen-bond acceptors (Lipinski definition) is 2. The number of rotatable bonds is 9. The van der Waals surface area contributed by atoms with Gasteiger partial charge in [-0.2, -0.15) is 0 Å². The molecule has 3 heteroatoms. The van der Waals surface area contributed by atoms with Gasteiger partial charge >= 0.3 is 5.97 Å². The van der Waals surface area contributed by atoms with Gasteiger partial charge in [-0.3, -0.25) is 0 Å². The molecule has 0 aliphatic heterocycles. The lowest BCUT2D eigenvalue weighted by Gasteiger charge is -2.10. The Kier molecular flexibility index (Phi) is 7.93. The molecule has 1 aromatic carbocycles. The molecule has 0 bridgehead atoms. The van der Waals surface area contributed by atoms with Gasteiger partial charge in [-0.1, -0.05) is 45.1 Å². The van der Waals surface area contributed by atoms with Crippen LogP contribution in [0.1, 0.15) is 68.3 Å². The minimum Gasteiger partial charge on any atom is -0.462 e. The second kappa shape index (κ2) is 9.51. The van der Waals surface area contributed by atoms with Crippen LogP contribution in [0.2, 0.25) is 0 Å². The highest BCUT2D eigenvalue weighted by molar-refractivity contribution is 5.91. The first-order valence-corrected chi connectivity index (χ1v) is 7.65. The van der Waals surface area contributed by atoms with Crippen LogP contribution in [0.15, 0.2) is 18.2 Å². The number of esters is 1. The lowest BCUT2D eigenvalue weighted by atomic mass is 10.00. The molecule has 2 nitrogen and oxygen atoms in total. The topological polar surface area (TPSA) is 26.3 Å². The van der Waals surface area contributed by atoms with Crippen molar-refractivity contribution < 1.29 is 13.9 Å². The average molecular weight is 280 g/mol. The van der Waals surface area contributed by atoms with Crippen molar-refractivity contribution in [3.63, 3.8) is 0 Å². The van der Waals surface area contributed by atoms with Crippen LogP contribution in [0.25, 0.3) is 0 Å². The Morgan fingerprint density at radius 2 is 1.80 bits per heavy atom. The fraction of sp³-hybridized carbons (Fsp3) is 0.588. The predicted molar refractivity (Wildman–Crippen MR) is 79.4 cm³/mol. The Balaban J connectivity index is 2.57. The van der Waals surface area contributed by atoms with Crippen molar-refractivity contribution in [3.05, 3.63) is 35.1 Å². The number of carbonyl (C=O) groups excluding carboxylic acids is 1. The van der Waals surface area contributed by atoms with E-state index in [1.807, 2.05) is 0 Å². The highest BCUT2D eigenvalue weighted by Gasteiger charge is 2.15. The molecule has 0 heterocycles. The highest BCUT2D eigenvalue weighted by Crippen LogP contribution is 2.18. The summed E-state index contributed by atoms with van der Waals surface area (Å²) in [6.45, 7) is 4.25. The van der Waals surface area contributed by atoms with Gasteiger partial charge in [-0.15, -0.1) is 0 Å². The Bertz CT molecular complexity index is 415. The highest BCUT2D eigenvalue weighted by atomic mass is 19.1. The monoisotopic (exact) mass is 280 g/mol. The summed E-state index contributed by atoms with van der Waals surface area (Å²) in [6, 6.07) is 4.62. The molecule has 0 saturated carbocycles. The number of carbonyl (C=O) groups is 1. The van der Waals surface area contributed by atoms with Gasteiger partial charge in [0.1, 0.15) is 5.82 Å². The zero-order valence-corrected chi connectivity index (χ0v) is 12.6. The first-order chi connectivity index (χ1) is 9.70. The summed E-state index contributed by atoms with van der Waals surface area (Å²) in [7, 11) is 0. The zero-order chi connectivity index (χ0) is 14.8. The van der Waals surface area contributed by atoms with Crippen LogP contribution < -0.4 is 0 Å². The number of benzene rings is 1. The molecule has 0 radical (unpaired) electrons. The van der Waals surface area contributed by atoms with E-state index >= 15 is 0 Å². The van der Waals surface area contributed by atoms with E-state index in [9.17, 15) is 9.18 Å². The van der Waals surface area contributed by atoms with E-state index in [2.05, 4.69) is 6.92 Å². The molecule has 0 unspecified atom stereocenters. The van der Waals surface area contributed by atoms with Crippen molar-refractivity contribution in [2.45, 2.75) is 58.8 Å². The second-order valence-corrected chi connectivity index (χ2v) is 5.00. The van der Waals surface area contributed by atoms with E-state index in [1.165, 1.54) is 31.7 Å². The molecule has 0 aromatic heterocycles. The molecule has 0 aliphatic carbocycles. The van der Waals surface area contributed by atoms with Crippen molar-refractivity contribution in [1.29, 1.82) is 0 Å². The maximum Gasteiger partial charge on any atom is 0.338 e. The van der Waals surface area contributed by atoms with Crippen molar-refractivity contribution in [2.75, 3.05) is 6.61 Å². The Labute approximate surface area is 121 Å². The van der Waals surface area contributed by atoms with Crippen molar-refractivity contribution >= 4 is 5.97 Å². The van der Waals surface area contributed by atoms with Crippen molar-refractivity contribution in [2.24, 2.45) is 0 Å². The Hall–Kier alpha value is -1.38. The van der Waals surface area contributed by atoms with E-state index in [0.717, 1.165) is 12.8 Å². The van der Waals surface area contributed by atoms with Crippen LogP contribution in [0.5, 0.6) is 0 Å². The largest absolute Gasteiger partial charge is 0.462 e. The van der Waals surface area contributed by atoms with Crippen molar-refractivity contribution in [3.8, 4) is 0 Å². The molecule has 0 saturated heterocycles. The minimum atomic E-state index is -0.423. The van der Waals surface area contributed by atoms with Gasteiger partial charge in [0.05, 0.1) is 12.2 Å². The van der Waals surface area contributed by atoms with Crippen LogP contribution in [0, 0.1) is 5.82 Å². The first-order valence-electron chi connectivity index (χ1n) is 7.65. The summed E-state index contributed by atoms with van der Waals surface area (Å²) in [5.41, 5.74) is 0.877. The van der Waals surface area contributed by atoms with Crippen LogP contribution >= 0.6 is 0 Å². The van der Waals surface area contributed by atoms with Gasteiger partial charge < -0.3 is 4.74 Å². The molecular weight excluding hydrogens is 255 g/mol. The SMILES string of the molecule is CCCCCCCCc1c(F)cccc1C(=O)OCC. The molecule has 0 amide bonds. The maximum atomic E-state index is 13.9. The molecule has 1 rings (SSSR count). The van der Waals surface area contributed by atoms with Gasteiger partial charge in [-0.25, -0.2) is 9.18 Å². The molecule has 0 aliphatic rings. The summed E-state index contributed by atoms with van der Waals surface area (Å²) in [6.07, 6.45) is 7.49. The number of ether oxygens (including phenoxy) is 1. The minimum absolute atomic E-state index is 0.302. The third kappa shape index (κ3) is 5.32. The number of hydrogen-bond donors (Lipinski definition) is 0.